The Hall–Kier alpha value is -5.54. The average Bonchev–Trinajstić information content (AvgIpc) is 3.80. The molecule has 20 heteroatoms. The van der Waals surface area contributed by atoms with Crippen LogP contribution in [0, 0.1) is 0 Å². The van der Waals surface area contributed by atoms with Crippen molar-refractivity contribution in [3.63, 3.8) is 0 Å². The number of likely N-dealkylation sites (N-methyl/N-ethyl adjacent to an activating group) is 2. The van der Waals surface area contributed by atoms with Crippen molar-refractivity contribution < 1.29 is 50.2 Å². The standard InChI is InChI=1S/C48H56N6O11S3/c1-47(2)21-29(24-67(60,61)62)32-19-34-27(17-38(32)53(47)5)15-28-18-39-33(30(25-68(63,64)65)22-48(3,4)54(39)6)20-35(28)42(34)31-12-11-26(16-36(31)45(57)58)44(56)50-14-13-49-41(55)10-8-7-9-40-43-37(23-66-40)51-46(59)52-43/h11-12,16-22,37,40,43H,7-10,13-15,23-25H2,1-6H3,(H6-,49,50,51,52,55,56,57,58,59,60,61,62,63,64,65)/t37-,40-,43-/m0/s1. The number of benzene rings is 3. The van der Waals surface area contributed by atoms with Gasteiger partial charge >= 0.3 is 12.0 Å². The molecule has 0 aromatic heterocycles. The van der Waals surface area contributed by atoms with Gasteiger partial charge in [-0.05, 0) is 114 Å². The second-order valence-electron chi connectivity index (χ2n) is 19.3. The van der Waals surface area contributed by atoms with Gasteiger partial charge in [-0.1, -0.05) is 18.6 Å². The monoisotopic (exact) mass is 988 g/mol. The molecule has 2 fully saturated rings. The Morgan fingerprint density at radius 1 is 0.897 bits per heavy atom. The van der Waals surface area contributed by atoms with Crippen molar-refractivity contribution >= 4 is 78.2 Å². The van der Waals surface area contributed by atoms with Crippen molar-refractivity contribution in [3.8, 4) is 0 Å². The molecule has 1 aliphatic carbocycles. The number of hydrogen-bond donors (Lipinski definition) is 6. The van der Waals surface area contributed by atoms with E-state index < -0.39 is 54.7 Å². The summed E-state index contributed by atoms with van der Waals surface area (Å²) in [5.41, 5.74) is 3.48. The third-order valence-electron chi connectivity index (χ3n) is 13.8. The SMILES string of the molecule is CN1c2cc3c(cc2C(CS(=O)(=O)[O-])=CC1(C)C)C(c1ccc(C(=O)NCCNC(=O)CCCC[C@@H]2SC[C@@H]4NC(=O)N[C@@H]42)cc1C(=O)O)=c1cc2c(cc1C3)=[N+](C)C(C)(C)C=C2CS(=O)(=O)O. The number of carboxylic acid groups (broad SMARTS) is 1. The highest BCUT2D eigenvalue weighted by atomic mass is 32.2. The lowest BCUT2D eigenvalue weighted by atomic mass is 9.77. The van der Waals surface area contributed by atoms with Crippen molar-refractivity contribution in [2.24, 2.45) is 0 Å². The van der Waals surface area contributed by atoms with Gasteiger partial charge in [-0.3, -0.25) is 14.1 Å². The van der Waals surface area contributed by atoms with Gasteiger partial charge in [-0.15, -0.1) is 0 Å². The highest BCUT2D eigenvalue weighted by Crippen LogP contribution is 2.44. The number of hydrogen-bond acceptors (Lipinski definition) is 11. The van der Waals surface area contributed by atoms with E-state index in [1.54, 1.807) is 24.3 Å². The number of urea groups is 1. The molecule has 2 saturated heterocycles. The number of nitrogens with zero attached hydrogens (tertiary/aromatic N) is 2. The Balaban J connectivity index is 1.12. The quantitative estimate of drug-likeness (QED) is 0.0434. The molecule has 3 atom stereocenters. The summed E-state index contributed by atoms with van der Waals surface area (Å²) >= 11 is 1.82. The Morgan fingerprint density at radius 2 is 1.62 bits per heavy atom. The second-order valence-corrected chi connectivity index (χ2v) is 23.5. The number of carbonyl (C=O) groups is 4. The molecule has 0 radical (unpaired) electrons. The first kappa shape index (κ1) is 48.9. The summed E-state index contributed by atoms with van der Waals surface area (Å²) in [6, 6.07) is 11.8. The molecule has 68 heavy (non-hydrogen) atoms. The van der Waals surface area contributed by atoms with Crippen LogP contribution < -0.4 is 41.3 Å². The van der Waals surface area contributed by atoms with Crippen LogP contribution in [0.5, 0.6) is 0 Å². The summed E-state index contributed by atoms with van der Waals surface area (Å²) < 4.78 is 73.8. The van der Waals surface area contributed by atoms with E-state index in [0.717, 1.165) is 29.7 Å². The molecule has 4 amide bonds. The molecule has 5 aliphatic rings. The van der Waals surface area contributed by atoms with E-state index in [9.17, 15) is 50.2 Å². The van der Waals surface area contributed by atoms with Crippen LogP contribution in [-0.2, 0) is 31.5 Å². The Morgan fingerprint density at radius 3 is 2.32 bits per heavy atom. The van der Waals surface area contributed by atoms with Gasteiger partial charge in [0.25, 0.3) is 16.0 Å². The van der Waals surface area contributed by atoms with Crippen LogP contribution in [-0.4, -0.2) is 128 Å². The highest BCUT2D eigenvalue weighted by Gasteiger charge is 2.43. The molecule has 0 spiro atoms. The lowest BCUT2D eigenvalue weighted by molar-refractivity contribution is -0.121. The minimum Gasteiger partial charge on any atom is -0.748 e. The van der Waals surface area contributed by atoms with E-state index in [1.807, 2.05) is 75.2 Å². The number of carbonyl (C=O) groups excluding carboxylic acids is 3. The van der Waals surface area contributed by atoms with E-state index >= 15 is 0 Å². The number of amides is 4. The Labute approximate surface area is 399 Å². The van der Waals surface area contributed by atoms with Crippen LogP contribution in [0.4, 0.5) is 10.5 Å². The first-order valence-corrected chi connectivity index (χ1v) is 26.7. The van der Waals surface area contributed by atoms with E-state index in [2.05, 4.69) is 21.3 Å². The van der Waals surface area contributed by atoms with Crippen LogP contribution in [0.15, 0.2) is 54.6 Å². The summed E-state index contributed by atoms with van der Waals surface area (Å²) in [5, 5.41) is 23.9. The highest BCUT2D eigenvalue weighted by molar-refractivity contribution is 8.00. The Kier molecular flexibility index (Phi) is 13.0. The molecule has 0 unspecified atom stereocenters. The van der Waals surface area contributed by atoms with E-state index in [4.69, 9.17) is 0 Å². The fourth-order valence-electron chi connectivity index (χ4n) is 10.1. The largest absolute Gasteiger partial charge is 0.748 e. The summed E-state index contributed by atoms with van der Waals surface area (Å²) in [4.78, 5) is 53.1. The van der Waals surface area contributed by atoms with Crippen LogP contribution >= 0.6 is 11.8 Å². The number of nitrogens with one attached hydrogen (secondary N) is 4. The predicted molar refractivity (Wildman–Crippen MR) is 260 cm³/mol. The molecular formula is C48H56N6O11S3. The first-order valence-electron chi connectivity index (χ1n) is 22.4. The van der Waals surface area contributed by atoms with Crippen molar-refractivity contribution in [1.29, 1.82) is 0 Å². The maximum absolute atomic E-state index is 13.6. The third-order valence-corrected chi connectivity index (χ3v) is 16.7. The van der Waals surface area contributed by atoms with Crippen LogP contribution in [0.1, 0.15) is 107 Å². The molecule has 3 aromatic carbocycles. The second kappa shape index (κ2) is 18.1. The maximum Gasteiger partial charge on any atom is 0.336 e. The lowest BCUT2D eigenvalue weighted by Crippen LogP contribution is -2.48. The minimum atomic E-state index is -4.74. The zero-order valence-electron chi connectivity index (χ0n) is 38.7. The fourth-order valence-corrected chi connectivity index (χ4v) is 12.9. The minimum absolute atomic E-state index is 0.0443. The van der Waals surface area contributed by atoms with Crippen molar-refractivity contribution in [2.75, 3.05) is 49.3 Å². The number of thioether (sulfide) groups is 1. The number of anilines is 1. The molecule has 0 bridgehead atoms. The van der Waals surface area contributed by atoms with Gasteiger partial charge in [-0.25, -0.2) is 22.6 Å². The van der Waals surface area contributed by atoms with Gasteiger partial charge in [-0.2, -0.15) is 20.2 Å². The van der Waals surface area contributed by atoms with Gasteiger partial charge < -0.3 is 35.8 Å². The summed E-state index contributed by atoms with van der Waals surface area (Å²) in [7, 11) is -5.50. The molecule has 362 valence electrons. The van der Waals surface area contributed by atoms with Gasteiger partial charge in [0.2, 0.25) is 11.3 Å². The van der Waals surface area contributed by atoms with Gasteiger partial charge in [0.15, 0.2) is 5.54 Å². The number of unbranched alkanes of at least 4 members (excludes halogenated alkanes) is 1. The number of carboxylic acids is 1. The molecule has 3 aromatic rings. The summed E-state index contributed by atoms with van der Waals surface area (Å²) in [6.45, 7) is 7.86. The molecule has 4 heterocycles. The first-order chi connectivity index (χ1) is 31.8. The van der Waals surface area contributed by atoms with E-state index in [-0.39, 0.29) is 59.4 Å². The van der Waals surface area contributed by atoms with Gasteiger partial charge in [0, 0.05) is 74.3 Å². The number of aromatic carboxylic acids is 1. The summed E-state index contributed by atoms with van der Waals surface area (Å²) in [5.74, 6) is -2.67. The normalized spacial score (nSPS) is 21.0. The average molecular weight is 989 g/mol. The smallest absolute Gasteiger partial charge is 0.336 e. The van der Waals surface area contributed by atoms with Gasteiger partial charge in [0.1, 0.15) is 12.8 Å². The third kappa shape index (κ3) is 9.97. The van der Waals surface area contributed by atoms with Crippen molar-refractivity contribution in [1.82, 2.24) is 25.8 Å². The van der Waals surface area contributed by atoms with Crippen molar-refractivity contribution in [2.45, 2.75) is 88.2 Å². The molecule has 6 N–H and O–H groups in total. The van der Waals surface area contributed by atoms with E-state index in [0.29, 0.717) is 68.6 Å². The zero-order chi connectivity index (χ0) is 49.2. The van der Waals surface area contributed by atoms with Crippen LogP contribution in [0.3, 0.4) is 0 Å². The predicted octanol–water partition coefficient (Wildman–Crippen LogP) is 2.45. The van der Waals surface area contributed by atoms with Gasteiger partial charge in [0.05, 0.1) is 44.6 Å². The van der Waals surface area contributed by atoms with Crippen molar-refractivity contribution in [3.05, 3.63) is 110 Å². The number of rotatable bonds is 15. The van der Waals surface area contributed by atoms with E-state index in [1.165, 1.54) is 18.2 Å². The number of fused-ring (bicyclic) bond motifs is 5. The Bertz CT molecular complexity index is 3110. The van der Waals surface area contributed by atoms with Crippen LogP contribution in [0.2, 0.25) is 0 Å². The lowest BCUT2D eigenvalue weighted by Gasteiger charge is -2.42. The summed E-state index contributed by atoms with van der Waals surface area (Å²) in [6.07, 6.45) is 6.52. The topological polar surface area (TPSA) is 254 Å². The molecule has 17 nitrogen and oxygen atoms in total. The molecule has 4 aliphatic heterocycles. The fraction of sp³-hybridized carbons (Fsp3) is 0.438. The van der Waals surface area contributed by atoms with Crippen LogP contribution in [0.25, 0.3) is 16.7 Å². The molecule has 8 rings (SSSR count). The molecule has 0 saturated carbocycles. The zero-order valence-corrected chi connectivity index (χ0v) is 41.1. The maximum atomic E-state index is 13.6. The molecular weight excluding hydrogens is 933 g/mol.